The normalized spacial score (nSPS) is 17.1. The summed E-state index contributed by atoms with van der Waals surface area (Å²) in [6.45, 7) is 3.72. The summed E-state index contributed by atoms with van der Waals surface area (Å²) >= 11 is 0. The van der Waals surface area contributed by atoms with E-state index < -0.39 is 17.9 Å². The van der Waals surface area contributed by atoms with Gasteiger partial charge in [0.15, 0.2) is 11.8 Å². The molecule has 0 radical (unpaired) electrons. The van der Waals surface area contributed by atoms with Crippen molar-refractivity contribution in [1.29, 1.82) is 0 Å². The summed E-state index contributed by atoms with van der Waals surface area (Å²) in [5.41, 5.74) is 12.0. The Morgan fingerprint density at radius 2 is 1.78 bits per heavy atom. The molecule has 0 bridgehead atoms. The van der Waals surface area contributed by atoms with Crippen LogP contribution in [0.4, 0.5) is 20.6 Å². The number of hydrogen-bond donors (Lipinski definition) is 3. The number of pyridine rings is 1. The van der Waals surface area contributed by atoms with Gasteiger partial charge >= 0.3 is 6.09 Å². The van der Waals surface area contributed by atoms with Gasteiger partial charge in [-0.1, -0.05) is 12.1 Å². The maximum atomic E-state index is 15.1. The number of H-pyrrole nitrogens is 1. The van der Waals surface area contributed by atoms with Crippen molar-refractivity contribution in [3.05, 3.63) is 58.3 Å². The van der Waals surface area contributed by atoms with Crippen LogP contribution in [0, 0.1) is 11.7 Å². The predicted octanol–water partition coefficient (Wildman–Crippen LogP) is 2.33. The summed E-state index contributed by atoms with van der Waals surface area (Å²) in [6, 6.07) is 8.46. The van der Waals surface area contributed by atoms with Crippen molar-refractivity contribution >= 4 is 23.4 Å². The van der Waals surface area contributed by atoms with Gasteiger partial charge in [-0.15, -0.1) is 4.99 Å². The molecule has 2 saturated heterocycles. The van der Waals surface area contributed by atoms with Gasteiger partial charge in [0.25, 0.3) is 0 Å². The highest BCUT2D eigenvalue weighted by atomic mass is 19.1. The van der Waals surface area contributed by atoms with Gasteiger partial charge in [-0.25, -0.2) is 9.18 Å². The number of ether oxygens (including phenoxy) is 2. The highest BCUT2D eigenvalue weighted by Gasteiger charge is 2.25. The second-order valence-corrected chi connectivity index (χ2v) is 9.20. The number of aliphatic imine (C=N–C) groups is 1. The standard InChI is InChI=1S/C25H33FN6O4/c26-23-18(16-36-25(34)30-24(27)28)2-1-3-21(23)32-12-8-20(9-13-32)35-15-17-6-10-31(11-7-17)19-4-5-22(33)29-14-19/h1-5,14,17,20H,6-13,15-16H2,(H,29,33)(H4,27,28,30,34). The minimum atomic E-state index is -0.958. The van der Waals surface area contributed by atoms with Crippen LogP contribution in [0.2, 0.25) is 0 Å². The number of aromatic nitrogens is 1. The van der Waals surface area contributed by atoms with E-state index in [0.717, 1.165) is 51.1 Å². The lowest BCUT2D eigenvalue weighted by molar-refractivity contribution is 0.0106. The molecule has 1 aromatic carbocycles. The molecule has 1 aromatic heterocycles. The Hall–Kier alpha value is -3.60. The Bertz CT molecular complexity index is 1100. The van der Waals surface area contributed by atoms with Crippen LogP contribution in [-0.2, 0) is 16.1 Å². The van der Waals surface area contributed by atoms with E-state index in [-0.39, 0.29) is 23.8 Å². The molecule has 2 aliphatic rings. The second-order valence-electron chi connectivity index (χ2n) is 9.20. The van der Waals surface area contributed by atoms with Gasteiger partial charge in [0.1, 0.15) is 6.61 Å². The lowest BCUT2D eigenvalue weighted by atomic mass is 9.97. The molecule has 4 rings (SSSR count). The van der Waals surface area contributed by atoms with Crippen molar-refractivity contribution in [1.82, 2.24) is 4.98 Å². The molecule has 10 nitrogen and oxygen atoms in total. The molecule has 36 heavy (non-hydrogen) atoms. The van der Waals surface area contributed by atoms with Gasteiger partial charge in [-0.05, 0) is 43.7 Å². The first-order chi connectivity index (χ1) is 17.4. The number of nitrogens with zero attached hydrogens (tertiary/aromatic N) is 3. The van der Waals surface area contributed by atoms with Gasteiger partial charge in [-0.2, -0.15) is 0 Å². The fourth-order valence-electron chi connectivity index (χ4n) is 4.69. The molecule has 0 spiro atoms. The molecule has 0 atom stereocenters. The number of anilines is 2. The van der Waals surface area contributed by atoms with Crippen molar-refractivity contribution in [2.45, 2.75) is 38.4 Å². The highest BCUT2D eigenvalue weighted by Crippen LogP contribution is 2.28. The van der Waals surface area contributed by atoms with Crippen LogP contribution < -0.4 is 26.8 Å². The van der Waals surface area contributed by atoms with E-state index >= 15 is 4.39 Å². The van der Waals surface area contributed by atoms with Crippen LogP contribution in [0.25, 0.3) is 0 Å². The fourth-order valence-corrected chi connectivity index (χ4v) is 4.69. The first kappa shape index (κ1) is 25.5. The van der Waals surface area contributed by atoms with E-state index in [2.05, 4.69) is 14.9 Å². The molecule has 0 aliphatic carbocycles. The second kappa shape index (κ2) is 11.9. The van der Waals surface area contributed by atoms with E-state index in [1.165, 1.54) is 0 Å². The number of rotatable bonds is 7. The number of nitrogens with one attached hydrogen (secondary N) is 1. The number of guanidine groups is 1. The van der Waals surface area contributed by atoms with Crippen LogP contribution in [0.5, 0.6) is 0 Å². The molecule has 2 fully saturated rings. The Kier molecular flexibility index (Phi) is 8.42. The molecular weight excluding hydrogens is 467 g/mol. The van der Waals surface area contributed by atoms with Crippen LogP contribution in [0.3, 0.4) is 0 Å². The lowest BCUT2D eigenvalue weighted by Crippen LogP contribution is -2.39. The topological polar surface area (TPSA) is 139 Å². The Labute approximate surface area is 209 Å². The molecule has 0 unspecified atom stereocenters. The van der Waals surface area contributed by atoms with Gasteiger partial charge in [0.2, 0.25) is 5.56 Å². The maximum Gasteiger partial charge on any atom is 0.437 e. The summed E-state index contributed by atoms with van der Waals surface area (Å²) in [6.07, 6.45) is 4.70. The fraction of sp³-hybridized carbons (Fsp3) is 0.480. The molecule has 2 aliphatic heterocycles. The molecule has 1 amide bonds. The number of aromatic amines is 1. The molecule has 194 valence electrons. The lowest BCUT2D eigenvalue weighted by Gasteiger charge is -2.36. The number of carbonyl (C=O) groups is 1. The van der Waals surface area contributed by atoms with E-state index in [1.807, 2.05) is 11.0 Å². The van der Waals surface area contributed by atoms with Crippen LogP contribution in [0.1, 0.15) is 31.2 Å². The van der Waals surface area contributed by atoms with E-state index in [9.17, 15) is 9.59 Å². The van der Waals surface area contributed by atoms with E-state index in [1.54, 1.807) is 30.5 Å². The maximum absolute atomic E-state index is 15.1. The number of nitrogens with two attached hydrogens (primary N) is 2. The van der Waals surface area contributed by atoms with Crippen LogP contribution >= 0.6 is 0 Å². The van der Waals surface area contributed by atoms with Crippen molar-refractivity contribution in [3.63, 3.8) is 0 Å². The number of carbonyl (C=O) groups excluding carboxylic acids is 1. The third-order valence-corrected chi connectivity index (χ3v) is 6.73. The van der Waals surface area contributed by atoms with Crippen molar-refractivity contribution in [3.8, 4) is 0 Å². The summed E-state index contributed by atoms with van der Waals surface area (Å²) in [5.74, 6) is -0.308. The minimum absolute atomic E-state index is 0.0893. The average Bonchev–Trinajstić information content (AvgIpc) is 2.88. The Balaban J connectivity index is 1.20. The van der Waals surface area contributed by atoms with Crippen LogP contribution in [0.15, 0.2) is 46.3 Å². The highest BCUT2D eigenvalue weighted by molar-refractivity contribution is 5.87. The van der Waals surface area contributed by atoms with Crippen molar-refractivity contribution in [2.24, 2.45) is 22.4 Å². The molecular formula is C25H33FN6O4. The first-order valence-electron chi connectivity index (χ1n) is 12.2. The van der Waals surface area contributed by atoms with Gasteiger partial charge < -0.3 is 35.7 Å². The third-order valence-electron chi connectivity index (χ3n) is 6.73. The quantitative estimate of drug-likeness (QED) is 0.389. The molecule has 5 N–H and O–H groups in total. The van der Waals surface area contributed by atoms with Gasteiger partial charge in [-0.3, -0.25) is 4.79 Å². The smallest absolute Gasteiger partial charge is 0.437 e. The largest absolute Gasteiger partial charge is 0.443 e. The minimum Gasteiger partial charge on any atom is -0.443 e. The summed E-state index contributed by atoms with van der Waals surface area (Å²) in [5, 5.41) is 0. The summed E-state index contributed by atoms with van der Waals surface area (Å²) in [7, 11) is 0. The van der Waals surface area contributed by atoms with E-state index in [4.69, 9.17) is 20.9 Å². The zero-order valence-electron chi connectivity index (χ0n) is 20.2. The third kappa shape index (κ3) is 6.75. The SMILES string of the molecule is NC(N)=NC(=O)OCc1cccc(N2CCC(OCC3CCN(c4ccc(=O)[nH]c4)CC3)CC2)c1F. The van der Waals surface area contributed by atoms with Crippen molar-refractivity contribution < 1.29 is 18.7 Å². The number of benzene rings is 1. The Morgan fingerprint density at radius 1 is 1.06 bits per heavy atom. The number of amides is 1. The molecule has 3 heterocycles. The first-order valence-corrected chi connectivity index (χ1v) is 12.2. The average molecular weight is 501 g/mol. The number of halogens is 1. The Morgan fingerprint density at radius 3 is 2.44 bits per heavy atom. The zero-order valence-corrected chi connectivity index (χ0v) is 20.2. The monoisotopic (exact) mass is 500 g/mol. The molecule has 11 heteroatoms. The summed E-state index contributed by atoms with van der Waals surface area (Å²) < 4.78 is 26.2. The van der Waals surface area contributed by atoms with Gasteiger partial charge in [0.05, 0.1) is 17.5 Å². The van der Waals surface area contributed by atoms with E-state index in [0.29, 0.717) is 24.7 Å². The van der Waals surface area contributed by atoms with Crippen molar-refractivity contribution in [2.75, 3.05) is 42.6 Å². The zero-order chi connectivity index (χ0) is 25.5. The number of hydrogen-bond acceptors (Lipinski definition) is 6. The molecule has 2 aromatic rings. The van der Waals surface area contributed by atoms with Crippen LogP contribution in [-0.4, -0.2) is 55.9 Å². The predicted molar refractivity (Wildman–Crippen MR) is 136 cm³/mol. The number of piperidine rings is 2. The molecule has 0 saturated carbocycles. The van der Waals surface area contributed by atoms with Gasteiger partial charge in [0, 0.05) is 50.6 Å². The summed E-state index contributed by atoms with van der Waals surface area (Å²) in [4.78, 5) is 33.0.